The van der Waals surface area contributed by atoms with Crippen LogP contribution in [0.2, 0.25) is 10.0 Å². The second kappa shape index (κ2) is 18.7. The SMILES string of the molecule is C/C=C/COc1cc(NC(=S)OC(C)C)ccc1Cl.C/C=C\COc1cc(NC(=S)OC(C)C)ccc1Cl. The zero-order chi connectivity index (χ0) is 28.5. The summed E-state index contributed by atoms with van der Waals surface area (Å²) in [5, 5.41) is 7.75. The van der Waals surface area contributed by atoms with E-state index >= 15 is 0 Å². The van der Waals surface area contributed by atoms with Gasteiger partial charge in [0.1, 0.15) is 24.7 Å². The number of benzene rings is 2. The number of hydrogen-bond acceptors (Lipinski definition) is 6. The van der Waals surface area contributed by atoms with E-state index in [0.29, 0.717) is 45.1 Å². The molecule has 6 nitrogen and oxygen atoms in total. The number of nitrogens with one attached hydrogen (secondary N) is 2. The molecule has 0 bridgehead atoms. The maximum absolute atomic E-state index is 6.06. The lowest BCUT2D eigenvalue weighted by Crippen LogP contribution is -2.17. The summed E-state index contributed by atoms with van der Waals surface area (Å²) in [5.74, 6) is 1.22. The first-order valence-corrected chi connectivity index (χ1v) is 13.6. The molecule has 0 aliphatic carbocycles. The summed E-state index contributed by atoms with van der Waals surface area (Å²) < 4.78 is 21.8. The lowest BCUT2D eigenvalue weighted by Gasteiger charge is -2.13. The predicted octanol–water partition coefficient (Wildman–Crippen LogP) is 8.83. The highest BCUT2D eigenvalue weighted by Crippen LogP contribution is 2.29. The topological polar surface area (TPSA) is 61.0 Å². The Labute approximate surface area is 247 Å². The summed E-state index contributed by atoms with van der Waals surface area (Å²) in [6.07, 6.45) is 7.73. The van der Waals surface area contributed by atoms with E-state index in [0.717, 1.165) is 11.4 Å². The Hall–Kier alpha value is -2.52. The van der Waals surface area contributed by atoms with Gasteiger partial charge in [-0.2, -0.15) is 0 Å². The monoisotopic (exact) mass is 598 g/mol. The maximum Gasteiger partial charge on any atom is 0.261 e. The van der Waals surface area contributed by atoms with Gasteiger partial charge < -0.3 is 29.6 Å². The largest absolute Gasteiger partial charge is 0.488 e. The Morgan fingerprint density at radius 2 is 1.11 bits per heavy atom. The van der Waals surface area contributed by atoms with Gasteiger partial charge in [0.15, 0.2) is 0 Å². The first-order chi connectivity index (χ1) is 18.0. The van der Waals surface area contributed by atoms with Crippen LogP contribution < -0.4 is 20.1 Å². The van der Waals surface area contributed by atoms with Gasteiger partial charge in [-0.05, 0) is 90.2 Å². The Balaban J connectivity index is 0.000000380. The minimum absolute atomic E-state index is 0.0395. The molecule has 0 spiro atoms. The Morgan fingerprint density at radius 1 is 0.737 bits per heavy atom. The van der Waals surface area contributed by atoms with Crippen molar-refractivity contribution < 1.29 is 18.9 Å². The second-order valence-electron chi connectivity index (χ2n) is 8.21. The van der Waals surface area contributed by atoms with Crippen LogP contribution in [-0.4, -0.2) is 35.8 Å². The van der Waals surface area contributed by atoms with Crippen LogP contribution in [0.1, 0.15) is 41.5 Å². The van der Waals surface area contributed by atoms with Crippen LogP contribution in [0, 0.1) is 0 Å². The van der Waals surface area contributed by atoms with Gasteiger partial charge in [0, 0.05) is 23.5 Å². The number of allylic oxidation sites excluding steroid dienone is 2. The van der Waals surface area contributed by atoms with Crippen molar-refractivity contribution >= 4 is 69.4 Å². The normalized spacial score (nSPS) is 10.8. The van der Waals surface area contributed by atoms with Crippen molar-refractivity contribution in [3.05, 3.63) is 70.7 Å². The minimum atomic E-state index is 0.0395. The van der Waals surface area contributed by atoms with Gasteiger partial charge in [0.25, 0.3) is 10.3 Å². The van der Waals surface area contributed by atoms with E-state index in [2.05, 4.69) is 10.6 Å². The van der Waals surface area contributed by atoms with Crippen LogP contribution in [0.3, 0.4) is 0 Å². The average molecular weight is 600 g/mol. The van der Waals surface area contributed by atoms with E-state index in [1.54, 1.807) is 24.3 Å². The van der Waals surface area contributed by atoms with Gasteiger partial charge >= 0.3 is 0 Å². The van der Waals surface area contributed by atoms with Crippen molar-refractivity contribution in [3.63, 3.8) is 0 Å². The number of ether oxygens (including phenoxy) is 4. The van der Waals surface area contributed by atoms with E-state index in [1.165, 1.54) is 0 Å². The molecule has 0 fully saturated rings. The molecule has 0 radical (unpaired) electrons. The third kappa shape index (κ3) is 14.4. The van der Waals surface area contributed by atoms with Crippen LogP contribution in [0.4, 0.5) is 11.4 Å². The fourth-order valence-electron chi connectivity index (χ4n) is 2.57. The van der Waals surface area contributed by atoms with Gasteiger partial charge in [-0.3, -0.25) is 0 Å². The molecule has 0 saturated heterocycles. The highest BCUT2D eigenvalue weighted by Gasteiger charge is 2.07. The van der Waals surface area contributed by atoms with E-state index in [-0.39, 0.29) is 12.2 Å². The summed E-state index contributed by atoms with van der Waals surface area (Å²) in [4.78, 5) is 0. The van der Waals surface area contributed by atoms with Crippen molar-refractivity contribution in [3.8, 4) is 11.5 Å². The average Bonchev–Trinajstić information content (AvgIpc) is 2.82. The maximum atomic E-state index is 6.06. The van der Waals surface area contributed by atoms with Crippen LogP contribution in [-0.2, 0) is 9.47 Å². The molecule has 0 heterocycles. The van der Waals surface area contributed by atoms with Crippen LogP contribution >= 0.6 is 47.6 Å². The molecular weight excluding hydrogens is 563 g/mol. The van der Waals surface area contributed by atoms with E-state index in [9.17, 15) is 0 Å². The first-order valence-electron chi connectivity index (χ1n) is 12.1. The smallest absolute Gasteiger partial charge is 0.261 e. The van der Waals surface area contributed by atoms with Crippen molar-refractivity contribution in [2.75, 3.05) is 23.8 Å². The van der Waals surface area contributed by atoms with Crippen molar-refractivity contribution in [1.29, 1.82) is 0 Å². The second-order valence-corrected chi connectivity index (χ2v) is 9.76. The molecule has 2 N–H and O–H groups in total. The molecule has 2 aromatic carbocycles. The Morgan fingerprint density at radius 3 is 1.42 bits per heavy atom. The molecule has 0 saturated carbocycles. The zero-order valence-corrected chi connectivity index (χ0v) is 25.7. The number of thiocarbonyl (C=S) groups is 2. The lowest BCUT2D eigenvalue weighted by molar-refractivity contribution is 0.234. The Bertz CT molecular complexity index is 1010. The number of hydrogen-bond donors (Lipinski definition) is 2. The van der Waals surface area contributed by atoms with Gasteiger partial charge in [-0.25, -0.2) is 0 Å². The quantitative estimate of drug-likeness (QED) is 0.208. The fraction of sp³-hybridized carbons (Fsp3) is 0.357. The summed E-state index contributed by atoms with van der Waals surface area (Å²) in [6, 6.07) is 10.7. The molecule has 0 atom stereocenters. The van der Waals surface area contributed by atoms with Crippen molar-refractivity contribution in [2.24, 2.45) is 0 Å². The number of anilines is 2. The molecule has 0 aromatic heterocycles. The van der Waals surface area contributed by atoms with Gasteiger partial charge in [-0.1, -0.05) is 47.5 Å². The van der Waals surface area contributed by atoms with Gasteiger partial charge in [0.2, 0.25) is 0 Å². The molecule has 0 unspecified atom stereocenters. The molecule has 2 rings (SSSR count). The number of halogens is 2. The highest BCUT2D eigenvalue weighted by atomic mass is 35.5. The fourth-order valence-corrected chi connectivity index (χ4v) is 3.54. The summed E-state index contributed by atoms with van der Waals surface area (Å²) in [5.41, 5.74) is 1.57. The third-order valence-corrected chi connectivity index (χ3v) is 5.20. The zero-order valence-electron chi connectivity index (χ0n) is 22.5. The van der Waals surface area contributed by atoms with E-state index in [4.69, 9.17) is 66.6 Å². The molecule has 10 heteroatoms. The van der Waals surface area contributed by atoms with Crippen LogP contribution in [0.25, 0.3) is 0 Å². The lowest BCUT2D eigenvalue weighted by atomic mass is 10.3. The summed E-state index contributed by atoms with van der Waals surface area (Å²) >= 11 is 22.3. The summed E-state index contributed by atoms with van der Waals surface area (Å²) in [7, 11) is 0. The molecule has 0 aliphatic rings. The van der Waals surface area contributed by atoms with Crippen LogP contribution in [0.15, 0.2) is 60.7 Å². The van der Waals surface area contributed by atoms with E-state index in [1.807, 2.05) is 78.0 Å². The van der Waals surface area contributed by atoms with Crippen molar-refractivity contribution in [2.45, 2.75) is 53.8 Å². The van der Waals surface area contributed by atoms with Crippen LogP contribution in [0.5, 0.6) is 11.5 Å². The van der Waals surface area contributed by atoms with Gasteiger partial charge in [-0.15, -0.1) is 0 Å². The summed E-state index contributed by atoms with van der Waals surface area (Å²) in [6.45, 7) is 12.5. The number of rotatable bonds is 10. The molecule has 0 amide bonds. The van der Waals surface area contributed by atoms with Crippen molar-refractivity contribution in [1.82, 2.24) is 0 Å². The predicted molar refractivity (Wildman–Crippen MR) is 168 cm³/mol. The molecule has 2 aromatic rings. The third-order valence-electron chi connectivity index (χ3n) is 4.18. The standard InChI is InChI=1S/2C14H18ClNO2S/c2*1-4-5-8-17-13-9-11(6-7-12(13)15)16-14(19)18-10(2)3/h2*4-7,9-10H,8H2,1-3H3,(H,16,19)/b5-4+;5-4-. The first kappa shape index (κ1) is 33.5. The molecule has 38 heavy (non-hydrogen) atoms. The van der Waals surface area contributed by atoms with Gasteiger partial charge in [0.05, 0.1) is 22.3 Å². The molecule has 208 valence electrons. The van der Waals surface area contributed by atoms with E-state index < -0.39 is 0 Å². The minimum Gasteiger partial charge on any atom is -0.488 e. The molecule has 0 aliphatic heterocycles. The Kier molecular flexibility index (Phi) is 16.5. The highest BCUT2D eigenvalue weighted by molar-refractivity contribution is 7.80. The molecular formula is C28H36Cl2N2O4S2.